The topological polar surface area (TPSA) is 50.5 Å². The Morgan fingerprint density at radius 1 is 1.64 bits per heavy atom. The maximum Gasteiger partial charge on any atom is 0.105 e. The molecule has 2 heterocycles. The fourth-order valence-electron chi connectivity index (χ4n) is 1.55. The zero-order valence-electron chi connectivity index (χ0n) is 8.26. The Morgan fingerprint density at radius 3 is 3.07 bits per heavy atom. The molecule has 1 saturated heterocycles. The molecule has 1 N–H and O–H groups in total. The second kappa shape index (κ2) is 4.08. The summed E-state index contributed by atoms with van der Waals surface area (Å²) in [6.45, 7) is 4.63. The summed E-state index contributed by atoms with van der Waals surface area (Å²) in [4.78, 5) is 9.38. The third-order valence-electron chi connectivity index (χ3n) is 2.38. The summed E-state index contributed by atoms with van der Waals surface area (Å²) < 4.78 is 2.06. The monoisotopic (exact) mass is 197 g/mol. The van der Waals surface area contributed by atoms with E-state index in [1.807, 2.05) is 13.1 Å². The van der Waals surface area contributed by atoms with E-state index in [-0.39, 0.29) is 6.10 Å². The highest BCUT2D eigenvalue weighted by Crippen LogP contribution is 2.05. The Balaban J connectivity index is 1.80. The van der Waals surface area contributed by atoms with Crippen LogP contribution >= 0.6 is 0 Å². The van der Waals surface area contributed by atoms with Crippen molar-refractivity contribution in [1.82, 2.24) is 14.6 Å². The van der Waals surface area contributed by atoms with Crippen LogP contribution in [0.25, 0.3) is 0 Å². The van der Waals surface area contributed by atoms with Gasteiger partial charge in [0.15, 0.2) is 0 Å². The van der Waals surface area contributed by atoms with E-state index in [9.17, 15) is 5.11 Å². The summed E-state index contributed by atoms with van der Waals surface area (Å²) in [7, 11) is 0. The second-order valence-electron chi connectivity index (χ2n) is 3.51. The van der Waals surface area contributed by atoms with E-state index in [1.54, 1.807) is 11.3 Å². The minimum absolute atomic E-state index is 0.334. The number of hydroxylamine groups is 2. The van der Waals surface area contributed by atoms with Crippen LogP contribution in [0.4, 0.5) is 0 Å². The molecule has 1 fully saturated rings. The highest BCUT2D eigenvalue weighted by Gasteiger charge is 2.20. The first-order valence-corrected chi connectivity index (χ1v) is 4.79. The van der Waals surface area contributed by atoms with Crippen molar-refractivity contribution in [3.63, 3.8) is 0 Å². The molecule has 1 aliphatic heterocycles. The van der Waals surface area contributed by atoms with Crippen molar-refractivity contribution in [3.05, 3.63) is 18.2 Å². The zero-order chi connectivity index (χ0) is 9.97. The molecule has 2 rings (SSSR count). The van der Waals surface area contributed by atoms with Gasteiger partial charge in [-0.2, -0.15) is 5.06 Å². The third kappa shape index (κ3) is 2.12. The van der Waals surface area contributed by atoms with Crippen LogP contribution in [0.15, 0.2) is 12.4 Å². The number of hydrogen-bond donors (Lipinski definition) is 1. The molecule has 1 atom stereocenters. The number of hydrogen-bond acceptors (Lipinski definition) is 4. The van der Waals surface area contributed by atoms with Crippen LogP contribution in [0.3, 0.4) is 0 Å². The number of aliphatic hydroxyl groups is 1. The maximum atomic E-state index is 9.23. The number of β-amino-alcohol motifs (C(OH)–C–C–N with tert-alkyl or cyclic N) is 1. The van der Waals surface area contributed by atoms with E-state index in [1.165, 1.54) is 0 Å². The van der Waals surface area contributed by atoms with Crippen molar-refractivity contribution < 1.29 is 9.94 Å². The number of aromatic nitrogens is 2. The predicted molar refractivity (Wildman–Crippen MR) is 50.5 cm³/mol. The molecule has 0 aliphatic carbocycles. The Morgan fingerprint density at radius 2 is 2.50 bits per heavy atom. The SMILES string of the molecule is Cc1nccn1CCN1C[C@@H](O)CO1. The maximum absolute atomic E-state index is 9.23. The lowest BCUT2D eigenvalue weighted by molar-refractivity contribution is -0.112. The van der Waals surface area contributed by atoms with E-state index in [2.05, 4.69) is 9.55 Å². The van der Waals surface area contributed by atoms with Gasteiger partial charge < -0.3 is 9.67 Å². The molecule has 0 radical (unpaired) electrons. The van der Waals surface area contributed by atoms with Crippen molar-refractivity contribution in [2.45, 2.75) is 19.6 Å². The molecule has 0 saturated carbocycles. The van der Waals surface area contributed by atoms with E-state index < -0.39 is 0 Å². The molecule has 5 nitrogen and oxygen atoms in total. The standard InChI is InChI=1S/C9H15N3O2/c1-8-10-2-3-11(8)4-5-12-6-9(13)7-14-12/h2-3,9,13H,4-7H2,1H3/t9-/m1/s1. The highest BCUT2D eigenvalue weighted by molar-refractivity contribution is 4.88. The Kier molecular flexibility index (Phi) is 2.81. The van der Waals surface area contributed by atoms with E-state index in [0.29, 0.717) is 13.2 Å². The van der Waals surface area contributed by atoms with Gasteiger partial charge in [0, 0.05) is 25.5 Å². The number of rotatable bonds is 3. The van der Waals surface area contributed by atoms with Gasteiger partial charge in [0.05, 0.1) is 19.3 Å². The Labute approximate surface area is 82.9 Å². The number of nitrogens with zero attached hydrogens (tertiary/aromatic N) is 3. The summed E-state index contributed by atoms with van der Waals surface area (Å²) in [6.07, 6.45) is 3.40. The van der Waals surface area contributed by atoms with Crippen molar-refractivity contribution >= 4 is 0 Å². The second-order valence-corrected chi connectivity index (χ2v) is 3.51. The number of aryl methyl sites for hydroxylation is 1. The lowest BCUT2D eigenvalue weighted by Crippen LogP contribution is -2.25. The van der Waals surface area contributed by atoms with E-state index >= 15 is 0 Å². The summed E-state index contributed by atoms with van der Waals surface area (Å²) in [5.74, 6) is 1.00. The molecule has 0 unspecified atom stereocenters. The molecule has 78 valence electrons. The van der Waals surface area contributed by atoms with Gasteiger partial charge in [0.25, 0.3) is 0 Å². The molecule has 0 spiro atoms. The molecule has 14 heavy (non-hydrogen) atoms. The van der Waals surface area contributed by atoms with Gasteiger partial charge in [-0.1, -0.05) is 0 Å². The highest BCUT2D eigenvalue weighted by atomic mass is 16.7. The van der Waals surface area contributed by atoms with Crippen molar-refractivity contribution in [2.24, 2.45) is 0 Å². The molecule has 1 aromatic heterocycles. The van der Waals surface area contributed by atoms with Crippen LogP contribution in [0.2, 0.25) is 0 Å². The smallest absolute Gasteiger partial charge is 0.105 e. The summed E-state index contributed by atoms with van der Waals surface area (Å²) in [5.41, 5.74) is 0. The fourth-order valence-corrected chi connectivity index (χ4v) is 1.55. The van der Waals surface area contributed by atoms with Gasteiger partial charge in [0.1, 0.15) is 5.82 Å². The lowest BCUT2D eigenvalue weighted by Gasteiger charge is -2.14. The lowest BCUT2D eigenvalue weighted by atomic mass is 10.4. The molecule has 0 amide bonds. The van der Waals surface area contributed by atoms with Gasteiger partial charge >= 0.3 is 0 Å². The first kappa shape index (κ1) is 9.64. The molecule has 1 aliphatic rings. The largest absolute Gasteiger partial charge is 0.389 e. The number of aliphatic hydroxyl groups excluding tert-OH is 1. The van der Waals surface area contributed by atoms with Gasteiger partial charge in [-0.3, -0.25) is 4.84 Å². The van der Waals surface area contributed by atoms with Gasteiger partial charge in [-0.25, -0.2) is 4.98 Å². The van der Waals surface area contributed by atoms with Crippen molar-refractivity contribution in [1.29, 1.82) is 0 Å². The summed E-state index contributed by atoms with van der Waals surface area (Å²) in [6, 6.07) is 0. The zero-order valence-corrected chi connectivity index (χ0v) is 8.26. The first-order chi connectivity index (χ1) is 6.75. The molecule has 0 aromatic carbocycles. The summed E-state index contributed by atoms with van der Waals surface area (Å²) in [5, 5.41) is 11.0. The van der Waals surface area contributed by atoms with Crippen LogP contribution < -0.4 is 0 Å². The fraction of sp³-hybridized carbons (Fsp3) is 0.667. The van der Waals surface area contributed by atoms with Crippen LogP contribution in [-0.4, -0.2) is 45.5 Å². The van der Waals surface area contributed by atoms with E-state index in [0.717, 1.165) is 18.9 Å². The first-order valence-electron chi connectivity index (χ1n) is 4.79. The van der Waals surface area contributed by atoms with Crippen LogP contribution in [0, 0.1) is 6.92 Å². The van der Waals surface area contributed by atoms with Crippen LogP contribution in [0.1, 0.15) is 5.82 Å². The molecule has 0 bridgehead atoms. The van der Waals surface area contributed by atoms with Crippen LogP contribution in [0.5, 0.6) is 0 Å². The van der Waals surface area contributed by atoms with Crippen molar-refractivity contribution in [3.8, 4) is 0 Å². The Hall–Kier alpha value is -0.910. The quantitative estimate of drug-likeness (QED) is 0.729. The minimum Gasteiger partial charge on any atom is -0.389 e. The van der Waals surface area contributed by atoms with Gasteiger partial charge in [-0.15, -0.1) is 0 Å². The number of imidazole rings is 1. The van der Waals surface area contributed by atoms with E-state index in [4.69, 9.17) is 4.84 Å². The Bertz CT molecular complexity index is 300. The minimum atomic E-state index is -0.334. The molecule has 1 aromatic rings. The third-order valence-corrected chi connectivity index (χ3v) is 2.38. The molecule has 5 heteroatoms. The van der Waals surface area contributed by atoms with Gasteiger partial charge in [0.2, 0.25) is 0 Å². The molecular formula is C9H15N3O2. The summed E-state index contributed by atoms with van der Waals surface area (Å²) >= 11 is 0. The average Bonchev–Trinajstić information content (AvgIpc) is 2.72. The molecular weight excluding hydrogens is 182 g/mol. The van der Waals surface area contributed by atoms with Gasteiger partial charge in [-0.05, 0) is 6.92 Å². The predicted octanol–water partition coefficient (Wildman–Crippen LogP) is -0.200. The average molecular weight is 197 g/mol. The normalized spacial score (nSPS) is 23.1. The van der Waals surface area contributed by atoms with Crippen molar-refractivity contribution in [2.75, 3.05) is 19.7 Å². The van der Waals surface area contributed by atoms with Crippen LogP contribution in [-0.2, 0) is 11.4 Å².